The maximum atomic E-state index is 11.6. The predicted octanol–water partition coefficient (Wildman–Crippen LogP) is 9.09. The number of phenolic OH excluding ortho intramolecular Hbond substituents is 1. The summed E-state index contributed by atoms with van der Waals surface area (Å²) in [5.74, 6) is 3.03. The molecule has 210 valence electrons. The van der Waals surface area contributed by atoms with Crippen molar-refractivity contribution in [3.63, 3.8) is 0 Å². The Morgan fingerprint density at radius 1 is 0.524 bits per heavy atom. The molecule has 0 fully saturated rings. The average molecular weight is 576 g/mol. The second kappa shape index (κ2) is 12.4. The lowest BCUT2D eigenvalue weighted by Gasteiger charge is -2.13. The SMILES string of the molecule is CC(=O)c1ccc(Oc2ccc([S+](c3ccc(Oc4ccc(C(C)=O)cc4)cc3)c3cc(C)c(O)c(C)c3)cc2)cc1. The number of ether oxygens (including phenoxy) is 2. The van der Waals surface area contributed by atoms with Crippen LogP contribution in [-0.4, -0.2) is 16.7 Å². The van der Waals surface area contributed by atoms with E-state index in [2.05, 4.69) is 24.3 Å². The first-order valence-electron chi connectivity index (χ1n) is 13.5. The van der Waals surface area contributed by atoms with Crippen molar-refractivity contribution in [2.45, 2.75) is 42.4 Å². The summed E-state index contributed by atoms with van der Waals surface area (Å²) in [7, 11) is -0.467. The van der Waals surface area contributed by atoms with Crippen LogP contribution in [0.15, 0.2) is 124 Å². The number of hydrogen-bond acceptors (Lipinski definition) is 5. The van der Waals surface area contributed by atoms with E-state index < -0.39 is 10.9 Å². The van der Waals surface area contributed by atoms with Crippen molar-refractivity contribution >= 4 is 22.5 Å². The summed E-state index contributed by atoms with van der Waals surface area (Å²) >= 11 is 0. The van der Waals surface area contributed by atoms with Crippen LogP contribution in [0.5, 0.6) is 28.7 Å². The Bertz CT molecular complexity index is 1600. The largest absolute Gasteiger partial charge is 0.507 e. The van der Waals surface area contributed by atoms with Crippen molar-refractivity contribution in [2.24, 2.45) is 0 Å². The van der Waals surface area contributed by atoms with Gasteiger partial charge in [0.15, 0.2) is 26.3 Å². The molecule has 42 heavy (non-hydrogen) atoms. The minimum Gasteiger partial charge on any atom is -0.507 e. The van der Waals surface area contributed by atoms with Crippen LogP contribution in [0, 0.1) is 13.8 Å². The van der Waals surface area contributed by atoms with Gasteiger partial charge in [-0.2, -0.15) is 0 Å². The third kappa shape index (κ3) is 6.56. The van der Waals surface area contributed by atoms with Crippen LogP contribution in [0.3, 0.4) is 0 Å². The van der Waals surface area contributed by atoms with Crippen LogP contribution in [0.1, 0.15) is 45.7 Å². The number of phenols is 1. The molecule has 0 saturated carbocycles. The summed E-state index contributed by atoms with van der Waals surface area (Å²) in [6.07, 6.45) is 0. The first kappa shape index (κ1) is 28.7. The number of ketones is 2. The van der Waals surface area contributed by atoms with Gasteiger partial charge < -0.3 is 14.6 Å². The number of carbonyl (C=O) groups excluding carboxylic acids is 2. The Kier molecular flexibility index (Phi) is 8.46. The van der Waals surface area contributed by atoms with Gasteiger partial charge in [-0.3, -0.25) is 9.59 Å². The number of hydrogen-bond donors (Lipinski definition) is 1. The number of rotatable bonds is 9. The molecule has 0 radical (unpaired) electrons. The van der Waals surface area contributed by atoms with Crippen LogP contribution in [0.4, 0.5) is 0 Å². The van der Waals surface area contributed by atoms with E-state index in [-0.39, 0.29) is 11.6 Å². The lowest BCUT2D eigenvalue weighted by Crippen LogP contribution is -2.06. The van der Waals surface area contributed by atoms with Crippen molar-refractivity contribution in [3.8, 4) is 28.7 Å². The van der Waals surface area contributed by atoms with Gasteiger partial charge in [0.1, 0.15) is 28.7 Å². The molecule has 6 heteroatoms. The summed E-state index contributed by atoms with van der Waals surface area (Å²) in [6.45, 7) is 6.91. The van der Waals surface area contributed by atoms with Gasteiger partial charge in [-0.25, -0.2) is 0 Å². The van der Waals surface area contributed by atoms with Gasteiger partial charge in [-0.15, -0.1) is 0 Å². The van der Waals surface area contributed by atoms with Gasteiger partial charge in [0.05, 0.1) is 10.9 Å². The van der Waals surface area contributed by atoms with Crippen molar-refractivity contribution in [1.29, 1.82) is 0 Å². The number of aryl methyl sites for hydroxylation is 2. The molecule has 0 aromatic heterocycles. The van der Waals surface area contributed by atoms with Crippen molar-refractivity contribution < 1.29 is 24.2 Å². The molecular weight excluding hydrogens is 544 g/mol. The first-order valence-corrected chi connectivity index (χ1v) is 14.7. The lowest BCUT2D eigenvalue weighted by atomic mass is 10.1. The average Bonchev–Trinajstić information content (AvgIpc) is 2.98. The van der Waals surface area contributed by atoms with Crippen LogP contribution < -0.4 is 9.47 Å². The van der Waals surface area contributed by atoms with E-state index in [1.54, 1.807) is 62.4 Å². The van der Waals surface area contributed by atoms with Crippen molar-refractivity contribution in [3.05, 3.63) is 131 Å². The fraction of sp³-hybridized carbons (Fsp3) is 0.111. The van der Waals surface area contributed by atoms with Crippen LogP contribution in [0.2, 0.25) is 0 Å². The quantitative estimate of drug-likeness (QED) is 0.140. The highest BCUT2D eigenvalue weighted by atomic mass is 32.2. The highest BCUT2D eigenvalue weighted by Crippen LogP contribution is 2.37. The minimum absolute atomic E-state index is 0.0144. The van der Waals surface area contributed by atoms with Crippen molar-refractivity contribution in [1.82, 2.24) is 0 Å². The van der Waals surface area contributed by atoms with E-state index in [1.807, 2.05) is 50.2 Å². The minimum atomic E-state index is -0.467. The number of aromatic hydroxyl groups is 1. The van der Waals surface area contributed by atoms with Gasteiger partial charge in [0, 0.05) is 23.3 Å². The molecule has 5 aromatic rings. The highest BCUT2D eigenvalue weighted by molar-refractivity contribution is 7.97. The zero-order valence-electron chi connectivity index (χ0n) is 23.9. The number of benzene rings is 5. The fourth-order valence-corrected chi connectivity index (χ4v) is 6.74. The number of carbonyl (C=O) groups is 2. The molecule has 0 aliphatic carbocycles. The van der Waals surface area contributed by atoms with E-state index in [0.717, 1.165) is 25.8 Å². The summed E-state index contributed by atoms with van der Waals surface area (Å²) in [4.78, 5) is 26.4. The van der Waals surface area contributed by atoms with E-state index in [9.17, 15) is 14.7 Å². The van der Waals surface area contributed by atoms with Crippen LogP contribution >= 0.6 is 0 Å². The maximum Gasteiger partial charge on any atom is 0.167 e. The molecular formula is C36H31O5S+. The Morgan fingerprint density at radius 2 is 0.833 bits per heavy atom. The molecule has 0 amide bonds. The van der Waals surface area contributed by atoms with Gasteiger partial charge in [-0.1, -0.05) is 0 Å². The molecule has 0 spiro atoms. The third-order valence-electron chi connectivity index (χ3n) is 6.81. The Hall–Kier alpha value is -4.81. The zero-order chi connectivity index (χ0) is 29.8. The molecule has 0 unspecified atom stereocenters. The predicted molar refractivity (Wildman–Crippen MR) is 166 cm³/mol. The smallest absolute Gasteiger partial charge is 0.167 e. The third-order valence-corrected chi connectivity index (χ3v) is 9.01. The maximum absolute atomic E-state index is 11.6. The standard InChI is InChI=1S/C36H30O5S/c1-23-21-35(22-24(2)36(23)39)42(33-17-13-31(14-18-33)40-29-9-5-27(6-10-29)25(3)37)34-19-15-32(16-20-34)41-30-11-7-28(8-12-30)26(4)38/h5-22H,1-4H3/p+1. The first-order chi connectivity index (χ1) is 20.2. The molecule has 1 N–H and O–H groups in total. The van der Waals surface area contributed by atoms with E-state index in [4.69, 9.17) is 9.47 Å². The summed E-state index contributed by atoms with van der Waals surface area (Å²) in [5.41, 5.74) is 2.93. The molecule has 0 aliphatic rings. The van der Waals surface area contributed by atoms with Gasteiger partial charge >= 0.3 is 0 Å². The fourth-order valence-electron chi connectivity index (χ4n) is 4.52. The lowest BCUT2D eigenvalue weighted by molar-refractivity contribution is 0.100. The van der Waals surface area contributed by atoms with E-state index in [0.29, 0.717) is 39.9 Å². The summed E-state index contributed by atoms with van der Waals surface area (Å²) in [5, 5.41) is 10.4. The molecule has 0 saturated heterocycles. The summed E-state index contributed by atoms with van der Waals surface area (Å²) < 4.78 is 12.1. The second-order valence-electron chi connectivity index (χ2n) is 10.0. The number of Topliss-reactive ketones (excluding diaryl/α,β-unsaturated/α-hetero) is 2. The molecule has 0 aliphatic heterocycles. The Balaban J connectivity index is 1.43. The molecule has 5 aromatic carbocycles. The summed E-state index contributed by atoms with van der Waals surface area (Å²) in [6, 6.07) is 34.3. The van der Waals surface area contributed by atoms with Gasteiger partial charge in [-0.05, 0) is 136 Å². The van der Waals surface area contributed by atoms with E-state index >= 15 is 0 Å². The highest BCUT2D eigenvalue weighted by Gasteiger charge is 2.30. The normalized spacial score (nSPS) is 10.9. The molecule has 0 atom stereocenters. The zero-order valence-corrected chi connectivity index (χ0v) is 24.7. The molecule has 5 rings (SSSR count). The van der Waals surface area contributed by atoms with E-state index in [1.165, 1.54) is 0 Å². The van der Waals surface area contributed by atoms with Crippen molar-refractivity contribution in [2.75, 3.05) is 0 Å². The monoisotopic (exact) mass is 575 g/mol. The van der Waals surface area contributed by atoms with Gasteiger partial charge in [0.2, 0.25) is 0 Å². The van der Waals surface area contributed by atoms with Crippen LogP contribution in [-0.2, 0) is 10.9 Å². The Labute approximate surface area is 248 Å². The second-order valence-corrected chi connectivity index (χ2v) is 12.0. The van der Waals surface area contributed by atoms with Crippen LogP contribution in [0.25, 0.3) is 0 Å². The molecule has 5 nitrogen and oxygen atoms in total. The van der Waals surface area contributed by atoms with Gasteiger partial charge in [0.25, 0.3) is 0 Å². The molecule has 0 heterocycles. The Morgan fingerprint density at radius 3 is 1.14 bits per heavy atom. The molecule has 0 bridgehead atoms. The topological polar surface area (TPSA) is 72.8 Å².